The van der Waals surface area contributed by atoms with Crippen molar-refractivity contribution in [3.05, 3.63) is 99.4 Å². The van der Waals surface area contributed by atoms with Gasteiger partial charge in [0.1, 0.15) is 11.3 Å². The summed E-state index contributed by atoms with van der Waals surface area (Å²) < 4.78 is 11.0. The van der Waals surface area contributed by atoms with E-state index in [9.17, 15) is 14.9 Å². The van der Waals surface area contributed by atoms with Gasteiger partial charge >= 0.3 is 5.97 Å². The Morgan fingerprint density at radius 2 is 1.97 bits per heavy atom. The maximum atomic E-state index is 12.9. The lowest BCUT2D eigenvalue weighted by atomic mass is 9.83. The molecule has 1 unspecified atom stereocenters. The van der Waals surface area contributed by atoms with Gasteiger partial charge in [-0.3, -0.25) is 10.1 Å². The number of fused-ring (bicyclic) bond motifs is 2. The van der Waals surface area contributed by atoms with Crippen LogP contribution in [-0.4, -0.2) is 27.5 Å². The number of aromatic amines is 1. The Morgan fingerprint density at radius 3 is 2.69 bits per heavy atom. The van der Waals surface area contributed by atoms with Crippen LogP contribution in [0.25, 0.3) is 11.0 Å². The minimum atomic E-state index is -0.630. The van der Waals surface area contributed by atoms with Crippen LogP contribution in [0.5, 0.6) is 5.75 Å². The van der Waals surface area contributed by atoms with Crippen molar-refractivity contribution in [2.24, 2.45) is 5.73 Å². The molecule has 1 aromatic heterocycles. The molecule has 0 spiro atoms. The van der Waals surface area contributed by atoms with Crippen molar-refractivity contribution < 1.29 is 19.2 Å². The highest BCUT2D eigenvalue weighted by Gasteiger charge is 2.36. The molecule has 35 heavy (non-hydrogen) atoms. The second kappa shape index (κ2) is 9.15. The largest absolute Gasteiger partial charge is 0.462 e. The van der Waals surface area contributed by atoms with E-state index >= 15 is 0 Å². The molecule has 0 aliphatic carbocycles. The summed E-state index contributed by atoms with van der Waals surface area (Å²) in [7, 11) is 0. The lowest BCUT2D eigenvalue weighted by Crippen LogP contribution is -2.27. The Morgan fingerprint density at radius 1 is 1.20 bits per heavy atom. The molecule has 0 fully saturated rings. The number of nitro benzene ring substituents is 1. The van der Waals surface area contributed by atoms with E-state index in [0.29, 0.717) is 16.9 Å². The summed E-state index contributed by atoms with van der Waals surface area (Å²) in [5.41, 5.74) is 9.40. The van der Waals surface area contributed by atoms with Gasteiger partial charge in [-0.2, -0.15) is 0 Å². The smallest absolute Gasteiger partial charge is 0.340 e. The molecule has 0 amide bonds. The Balaban J connectivity index is 1.58. The standard InChI is InChI=1S/C25H20N4O5S/c1-2-33-24(30)22-21(14-7-9-15(10-8-14)29(31)32)17-13-16(11-12-20(17)34-23(22)26)35-25-27-18-5-3-4-6-19(18)28-25/h3-13,21H,2,26H2,1H3,(H,27,28). The molecule has 3 N–H and O–H groups in total. The van der Waals surface area contributed by atoms with Crippen molar-refractivity contribution >= 4 is 34.5 Å². The average molecular weight is 489 g/mol. The van der Waals surface area contributed by atoms with Crippen LogP contribution >= 0.6 is 11.8 Å². The third kappa shape index (κ3) is 4.31. The van der Waals surface area contributed by atoms with E-state index in [4.69, 9.17) is 15.2 Å². The van der Waals surface area contributed by atoms with Crippen molar-refractivity contribution in [3.63, 3.8) is 0 Å². The number of H-pyrrole nitrogens is 1. The van der Waals surface area contributed by atoms with Gasteiger partial charge in [-0.05, 0) is 42.8 Å². The normalized spacial score (nSPS) is 14.9. The molecule has 2 heterocycles. The number of rotatable bonds is 6. The minimum absolute atomic E-state index is 0.0511. The molecular formula is C25H20N4O5S. The third-order valence-electron chi connectivity index (χ3n) is 5.58. The van der Waals surface area contributed by atoms with Gasteiger partial charge in [0.05, 0.1) is 28.5 Å². The predicted octanol–water partition coefficient (Wildman–Crippen LogP) is 4.88. The molecule has 176 valence electrons. The molecule has 0 bridgehead atoms. The van der Waals surface area contributed by atoms with E-state index in [1.165, 1.54) is 23.9 Å². The Labute approximate surface area is 204 Å². The summed E-state index contributed by atoms with van der Waals surface area (Å²) in [5, 5.41) is 11.9. The van der Waals surface area contributed by atoms with Crippen LogP contribution in [0.1, 0.15) is 24.0 Å². The molecule has 1 atom stereocenters. The average Bonchev–Trinajstić information content (AvgIpc) is 3.26. The summed E-state index contributed by atoms with van der Waals surface area (Å²) in [5.74, 6) is -0.797. The van der Waals surface area contributed by atoms with Crippen molar-refractivity contribution in [1.29, 1.82) is 0 Å². The number of nitrogens with two attached hydrogens (primary N) is 1. The molecule has 9 nitrogen and oxygen atoms in total. The highest BCUT2D eigenvalue weighted by molar-refractivity contribution is 7.99. The van der Waals surface area contributed by atoms with Crippen LogP contribution in [-0.2, 0) is 9.53 Å². The van der Waals surface area contributed by atoms with Gasteiger partial charge in [0.15, 0.2) is 5.16 Å². The van der Waals surface area contributed by atoms with Crippen LogP contribution in [0.4, 0.5) is 5.69 Å². The highest BCUT2D eigenvalue weighted by Crippen LogP contribution is 2.45. The zero-order chi connectivity index (χ0) is 24.5. The van der Waals surface area contributed by atoms with Crippen molar-refractivity contribution in [3.8, 4) is 5.75 Å². The number of para-hydroxylation sites is 2. The number of non-ortho nitro benzene ring substituents is 1. The van der Waals surface area contributed by atoms with Gasteiger partial charge in [-0.15, -0.1) is 0 Å². The SMILES string of the molecule is CCOC(=O)C1=C(N)Oc2ccc(Sc3nc4ccccc4[nH]3)cc2C1c1ccc([N+](=O)[O-])cc1. The number of carbonyl (C=O) groups is 1. The van der Waals surface area contributed by atoms with Gasteiger partial charge in [-0.1, -0.05) is 36.0 Å². The van der Waals surface area contributed by atoms with Crippen LogP contribution < -0.4 is 10.5 Å². The van der Waals surface area contributed by atoms with Crippen LogP contribution in [0, 0.1) is 10.1 Å². The molecule has 5 rings (SSSR count). The fraction of sp³-hybridized carbons (Fsp3) is 0.120. The first-order chi connectivity index (χ1) is 16.9. The van der Waals surface area contributed by atoms with E-state index in [0.717, 1.165) is 21.1 Å². The zero-order valence-electron chi connectivity index (χ0n) is 18.6. The summed E-state index contributed by atoms with van der Waals surface area (Å²) in [6.07, 6.45) is 0. The topological polar surface area (TPSA) is 133 Å². The van der Waals surface area contributed by atoms with Crippen molar-refractivity contribution in [2.75, 3.05) is 6.61 Å². The number of ether oxygens (including phenoxy) is 2. The predicted molar refractivity (Wildman–Crippen MR) is 130 cm³/mol. The fourth-order valence-corrected chi connectivity index (χ4v) is 4.88. The second-order valence-electron chi connectivity index (χ2n) is 7.74. The molecule has 0 saturated heterocycles. The van der Waals surface area contributed by atoms with Crippen LogP contribution in [0.2, 0.25) is 0 Å². The number of nitrogens with one attached hydrogen (secondary N) is 1. The van der Waals surface area contributed by atoms with Gasteiger partial charge in [0.2, 0.25) is 5.88 Å². The second-order valence-corrected chi connectivity index (χ2v) is 8.81. The number of imidazole rings is 1. The number of benzene rings is 3. The van der Waals surface area contributed by atoms with Gasteiger partial charge in [0, 0.05) is 22.6 Å². The summed E-state index contributed by atoms with van der Waals surface area (Å²) in [6, 6.07) is 19.4. The molecule has 0 saturated carbocycles. The Hall–Kier alpha value is -4.31. The van der Waals surface area contributed by atoms with Gasteiger partial charge in [-0.25, -0.2) is 9.78 Å². The van der Waals surface area contributed by atoms with Crippen LogP contribution in [0.15, 0.2) is 88.2 Å². The first-order valence-corrected chi connectivity index (χ1v) is 11.6. The van der Waals surface area contributed by atoms with Crippen molar-refractivity contribution in [2.45, 2.75) is 22.9 Å². The molecule has 4 aromatic rings. The number of aromatic nitrogens is 2. The number of carbonyl (C=O) groups excluding carboxylic acids is 1. The van der Waals surface area contributed by atoms with E-state index in [1.54, 1.807) is 25.1 Å². The monoisotopic (exact) mass is 488 g/mol. The molecule has 1 aliphatic rings. The van der Waals surface area contributed by atoms with E-state index in [2.05, 4.69) is 9.97 Å². The summed E-state index contributed by atoms with van der Waals surface area (Å²) in [6.45, 7) is 1.87. The van der Waals surface area contributed by atoms with Crippen LogP contribution in [0.3, 0.4) is 0 Å². The Bertz CT molecular complexity index is 1450. The number of hydrogen-bond acceptors (Lipinski definition) is 8. The number of hydrogen-bond donors (Lipinski definition) is 2. The highest BCUT2D eigenvalue weighted by atomic mass is 32.2. The number of nitrogens with zero attached hydrogens (tertiary/aromatic N) is 2. The maximum absolute atomic E-state index is 12.9. The fourth-order valence-electron chi connectivity index (χ4n) is 4.03. The first kappa shape index (κ1) is 22.5. The third-order valence-corrected chi connectivity index (χ3v) is 6.46. The molecule has 1 aliphatic heterocycles. The maximum Gasteiger partial charge on any atom is 0.340 e. The number of nitro groups is 1. The summed E-state index contributed by atoms with van der Waals surface area (Å²) in [4.78, 5) is 32.3. The Kier molecular flexibility index (Phi) is 5.87. The molecule has 10 heteroatoms. The van der Waals surface area contributed by atoms with Gasteiger partial charge in [0.25, 0.3) is 5.69 Å². The lowest BCUT2D eigenvalue weighted by Gasteiger charge is -2.28. The van der Waals surface area contributed by atoms with E-state index in [1.807, 2.05) is 36.4 Å². The van der Waals surface area contributed by atoms with E-state index < -0.39 is 16.8 Å². The zero-order valence-corrected chi connectivity index (χ0v) is 19.4. The molecule has 0 radical (unpaired) electrons. The summed E-state index contributed by atoms with van der Waals surface area (Å²) >= 11 is 1.44. The first-order valence-electron chi connectivity index (χ1n) is 10.8. The molecular weight excluding hydrogens is 468 g/mol. The quantitative estimate of drug-likeness (QED) is 0.223. The minimum Gasteiger partial charge on any atom is -0.462 e. The van der Waals surface area contributed by atoms with Gasteiger partial charge < -0.3 is 20.2 Å². The molecule has 3 aromatic carbocycles. The lowest BCUT2D eigenvalue weighted by molar-refractivity contribution is -0.384. The number of esters is 1. The van der Waals surface area contributed by atoms with Crippen molar-refractivity contribution in [1.82, 2.24) is 9.97 Å². The van der Waals surface area contributed by atoms with E-state index in [-0.39, 0.29) is 23.8 Å².